The average molecular weight is 1000 g/mol. The molecule has 0 aromatic rings. The lowest BCUT2D eigenvalue weighted by molar-refractivity contribution is -0.167. The lowest BCUT2D eigenvalue weighted by atomic mass is 10.0. The van der Waals surface area contributed by atoms with E-state index in [1.165, 1.54) is 128 Å². The predicted molar refractivity (Wildman–Crippen MR) is 311 cm³/mol. The molecule has 1 atom stereocenters. The maximum atomic E-state index is 12.8. The second-order valence-corrected chi connectivity index (χ2v) is 19.9. The highest BCUT2D eigenvalue weighted by molar-refractivity contribution is 5.71. The van der Waals surface area contributed by atoms with Crippen molar-refractivity contribution in [1.29, 1.82) is 0 Å². The minimum Gasteiger partial charge on any atom is -0.462 e. The minimum atomic E-state index is -0.775. The standard InChI is InChI=1S/C66H112O6/c1-4-7-10-13-16-18-20-22-24-25-26-27-28-29-30-31-32-33-34-35-36-37-38-39-40-41-42-44-45-47-50-53-56-59-65(68)71-62-63(61-70-64(67)58-55-52-49-15-12-9-6-3)72-66(69)60-57-54-51-48-46-43-23-21-19-17-14-11-8-5-2/h7,10,16,18,22,24,26-27,29-30,32-33,35-36,38-39,63H,4-6,8-9,11-15,17,19-21,23,25,28,31,34,37,40-62H2,1-3H3/b10-7-,18-16-,24-22-,27-26-,30-29-,33-32-,36-35-,39-38-. The first-order valence-electron chi connectivity index (χ1n) is 30.2. The van der Waals surface area contributed by atoms with Crippen LogP contribution in [-0.4, -0.2) is 37.2 Å². The molecule has 0 saturated heterocycles. The molecular formula is C66H112O6. The van der Waals surface area contributed by atoms with Gasteiger partial charge in [-0.1, -0.05) is 279 Å². The van der Waals surface area contributed by atoms with Gasteiger partial charge in [-0.05, 0) is 83.5 Å². The smallest absolute Gasteiger partial charge is 0.306 e. The Kier molecular flexibility index (Phi) is 56.8. The maximum Gasteiger partial charge on any atom is 0.306 e. The number of carbonyl (C=O) groups excluding carboxylic acids is 3. The summed E-state index contributed by atoms with van der Waals surface area (Å²) < 4.78 is 16.8. The van der Waals surface area contributed by atoms with Gasteiger partial charge in [0.05, 0.1) is 0 Å². The number of hydrogen-bond acceptors (Lipinski definition) is 6. The average Bonchev–Trinajstić information content (AvgIpc) is 3.38. The Morgan fingerprint density at radius 1 is 0.292 bits per heavy atom. The van der Waals surface area contributed by atoms with E-state index in [1.807, 2.05) is 0 Å². The largest absolute Gasteiger partial charge is 0.462 e. The molecule has 0 amide bonds. The zero-order valence-corrected chi connectivity index (χ0v) is 47.2. The molecule has 72 heavy (non-hydrogen) atoms. The second-order valence-electron chi connectivity index (χ2n) is 19.9. The van der Waals surface area contributed by atoms with Gasteiger partial charge in [-0.15, -0.1) is 0 Å². The third-order valence-electron chi connectivity index (χ3n) is 12.9. The summed E-state index contributed by atoms with van der Waals surface area (Å²) in [4.78, 5) is 37.9. The van der Waals surface area contributed by atoms with Crippen LogP contribution in [0.25, 0.3) is 0 Å². The van der Waals surface area contributed by atoms with Gasteiger partial charge < -0.3 is 14.2 Å². The van der Waals surface area contributed by atoms with Crippen LogP contribution < -0.4 is 0 Å². The van der Waals surface area contributed by atoms with Gasteiger partial charge in [0, 0.05) is 19.3 Å². The first-order chi connectivity index (χ1) is 35.5. The number of allylic oxidation sites excluding steroid dienone is 16. The Labute approximate surface area is 445 Å². The number of rotatable bonds is 54. The summed E-state index contributed by atoms with van der Waals surface area (Å²) in [5.74, 6) is -0.885. The van der Waals surface area contributed by atoms with Crippen molar-refractivity contribution in [1.82, 2.24) is 0 Å². The minimum absolute atomic E-state index is 0.0763. The van der Waals surface area contributed by atoms with Crippen LogP contribution in [0.5, 0.6) is 0 Å². The van der Waals surface area contributed by atoms with Gasteiger partial charge in [0.2, 0.25) is 0 Å². The quantitative estimate of drug-likeness (QED) is 0.0261. The fraction of sp³-hybridized carbons (Fsp3) is 0.712. The van der Waals surface area contributed by atoms with Gasteiger partial charge in [0.25, 0.3) is 0 Å². The van der Waals surface area contributed by atoms with Gasteiger partial charge in [-0.3, -0.25) is 14.4 Å². The molecule has 0 rings (SSSR count). The molecule has 0 aliphatic rings. The summed E-state index contributed by atoms with van der Waals surface area (Å²) in [7, 11) is 0. The van der Waals surface area contributed by atoms with E-state index in [-0.39, 0.29) is 31.1 Å². The van der Waals surface area contributed by atoms with Crippen molar-refractivity contribution in [3.05, 3.63) is 97.2 Å². The van der Waals surface area contributed by atoms with E-state index in [0.717, 1.165) is 116 Å². The third kappa shape index (κ3) is 57.2. The van der Waals surface area contributed by atoms with Gasteiger partial charge in [0.1, 0.15) is 13.2 Å². The molecule has 0 aliphatic heterocycles. The molecule has 6 heteroatoms. The Morgan fingerprint density at radius 3 is 0.847 bits per heavy atom. The Balaban J connectivity index is 4.11. The predicted octanol–water partition coefficient (Wildman–Crippen LogP) is 20.5. The van der Waals surface area contributed by atoms with E-state index < -0.39 is 6.10 Å². The summed E-state index contributed by atoms with van der Waals surface area (Å²) in [5, 5.41) is 0. The number of unbranched alkanes of at least 4 members (excludes halogenated alkanes) is 27. The van der Waals surface area contributed by atoms with E-state index in [2.05, 4.69) is 118 Å². The summed E-state index contributed by atoms with van der Waals surface area (Å²) in [6, 6.07) is 0. The van der Waals surface area contributed by atoms with Crippen LogP contribution in [0.4, 0.5) is 0 Å². The van der Waals surface area contributed by atoms with Crippen molar-refractivity contribution in [2.24, 2.45) is 0 Å². The van der Waals surface area contributed by atoms with Crippen LogP contribution in [0, 0.1) is 0 Å². The second kappa shape index (κ2) is 59.9. The van der Waals surface area contributed by atoms with Gasteiger partial charge >= 0.3 is 17.9 Å². The Hall–Kier alpha value is -3.67. The molecule has 1 unspecified atom stereocenters. The fourth-order valence-corrected chi connectivity index (χ4v) is 8.34. The molecule has 0 heterocycles. The summed E-state index contributed by atoms with van der Waals surface area (Å²) in [6.45, 7) is 6.49. The molecule has 0 saturated carbocycles. The lowest BCUT2D eigenvalue weighted by Crippen LogP contribution is -2.30. The van der Waals surface area contributed by atoms with E-state index in [0.29, 0.717) is 19.3 Å². The summed E-state index contributed by atoms with van der Waals surface area (Å²) in [5.41, 5.74) is 0. The van der Waals surface area contributed by atoms with Gasteiger partial charge in [-0.2, -0.15) is 0 Å². The molecule has 6 nitrogen and oxygen atoms in total. The summed E-state index contributed by atoms with van der Waals surface area (Å²) in [6.07, 6.45) is 80.0. The number of hydrogen-bond donors (Lipinski definition) is 0. The Morgan fingerprint density at radius 2 is 0.542 bits per heavy atom. The summed E-state index contributed by atoms with van der Waals surface area (Å²) >= 11 is 0. The molecule has 0 bridgehead atoms. The molecule has 0 aliphatic carbocycles. The molecule has 0 aromatic carbocycles. The fourth-order valence-electron chi connectivity index (χ4n) is 8.34. The number of carbonyl (C=O) groups is 3. The molecule has 0 N–H and O–H groups in total. The van der Waals surface area contributed by atoms with Crippen LogP contribution in [0.1, 0.15) is 284 Å². The molecule has 0 spiro atoms. The first kappa shape index (κ1) is 68.3. The highest BCUT2D eigenvalue weighted by atomic mass is 16.6. The molecular weight excluding hydrogens is 889 g/mol. The number of ether oxygens (including phenoxy) is 3. The van der Waals surface area contributed by atoms with Crippen molar-refractivity contribution in [2.75, 3.05) is 13.2 Å². The topological polar surface area (TPSA) is 78.9 Å². The molecule has 0 radical (unpaired) electrons. The normalized spacial score (nSPS) is 12.8. The van der Waals surface area contributed by atoms with Crippen LogP contribution >= 0.6 is 0 Å². The maximum absolute atomic E-state index is 12.8. The number of esters is 3. The van der Waals surface area contributed by atoms with Crippen molar-refractivity contribution in [3.63, 3.8) is 0 Å². The lowest BCUT2D eigenvalue weighted by Gasteiger charge is -2.18. The zero-order chi connectivity index (χ0) is 52.2. The molecule has 412 valence electrons. The van der Waals surface area contributed by atoms with E-state index in [4.69, 9.17) is 14.2 Å². The van der Waals surface area contributed by atoms with Crippen LogP contribution in [0.2, 0.25) is 0 Å². The first-order valence-corrected chi connectivity index (χ1v) is 30.2. The van der Waals surface area contributed by atoms with Crippen LogP contribution in [-0.2, 0) is 28.6 Å². The highest BCUT2D eigenvalue weighted by Gasteiger charge is 2.19. The van der Waals surface area contributed by atoms with Crippen molar-refractivity contribution in [3.8, 4) is 0 Å². The van der Waals surface area contributed by atoms with E-state index >= 15 is 0 Å². The van der Waals surface area contributed by atoms with Crippen LogP contribution in [0.15, 0.2) is 97.2 Å². The zero-order valence-electron chi connectivity index (χ0n) is 47.2. The SMILES string of the molecule is CC/C=C\C/C=C\C/C=C\C/C=C\C/C=C\C/C=C\C/C=C\C/C=C\CCCCCCCCCCC(=O)OCC(COC(=O)CCCCCCCCC)OC(=O)CCCCCCCCCCCCCCCC. The van der Waals surface area contributed by atoms with E-state index in [1.54, 1.807) is 0 Å². The van der Waals surface area contributed by atoms with Crippen molar-refractivity contribution < 1.29 is 28.6 Å². The van der Waals surface area contributed by atoms with E-state index in [9.17, 15) is 14.4 Å². The molecule has 0 fully saturated rings. The molecule has 0 aromatic heterocycles. The van der Waals surface area contributed by atoms with Crippen molar-refractivity contribution in [2.45, 2.75) is 290 Å². The van der Waals surface area contributed by atoms with Gasteiger partial charge in [-0.25, -0.2) is 0 Å². The third-order valence-corrected chi connectivity index (χ3v) is 12.9. The van der Waals surface area contributed by atoms with Crippen LogP contribution in [0.3, 0.4) is 0 Å². The van der Waals surface area contributed by atoms with Crippen molar-refractivity contribution >= 4 is 17.9 Å². The highest BCUT2D eigenvalue weighted by Crippen LogP contribution is 2.16. The monoisotopic (exact) mass is 1000 g/mol. The Bertz CT molecular complexity index is 1430. The van der Waals surface area contributed by atoms with Gasteiger partial charge in [0.15, 0.2) is 6.10 Å².